The predicted octanol–water partition coefficient (Wildman–Crippen LogP) is 3.13. The molecule has 2 atom stereocenters. The smallest absolute Gasteiger partial charge is 0.123 e. The lowest BCUT2D eigenvalue weighted by Gasteiger charge is -2.37. The molecule has 1 fully saturated rings. The number of hydrogen-bond donors (Lipinski definition) is 1. The molecule has 0 aliphatic carbocycles. The molecule has 2 unspecified atom stereocenters. The van der Waals surface area contributed by atoms with E-state index in [2.05, 4.69) is 29.4 Å². The maximum Gasteiger partial charge on any atom is 0.123 e. The molecule has 1 aromatic heterocycles. The van der Waals surface area contributed by atoms with Crippen LogP contribution in [-0.2, 0) is 6.54 Å². The Morgan fingerprint density at radius 1 is 1.33 bits per heavy atom. The maximum atomic E-state index is 13.0. The Morgan fingerprint density at radius 3 is 2.86 bits per heavy atom. The van der Waals surface area contributed by atoms with E-state index in [4.69, 9.17) is 4.98 Å². The lowest BCUT2D eigenvalue weighted by Crippen LogP contribution is -2.53. The van der Waals surface area contributed by atoms with Crippen molar-refractivity contribution in [3.05, 3.63) is 41.2 Å². The first-order chi connectivity index (χ1) is 10.1. The number of piperazine rings is 1. The Hall–Kier alpha value is -1.30. The molecule has 2 heterocycles. The summed E-state index contributed by atoms with van der Waals surface area (Å²) >= 11 is 1.62. The average Bonchev–Trinajstić information content (AvgIpc) is 2.92. The molecule has 3 nitrogen and oxygen atoms in total. The van der Waals surface area contributed by atoms with E-state index in [9.17, 15) is 4.39 Å². The standard InChI is InChI=1S/C16H20FN3S/c1-11-8-20(12(2)7-18-11)9-15-10-21-16(19-15)13-3-5-14(17)6-4-13/h3-6,10-12,18H,7-9H2,1-2H3. The van der Waals surface area contributed by atoms with Crippen LogP contribution in [0.15, 0.2) is 29.6 Å². The van der Waals surface area contributed by atoms with E-state index in [0.717, 1.165) is 35.9 Å². The van der Waals surface area contributed by atoms with Gasteiger partial charge in [0.25, 0.3) is 0 Å². The third-order valence-electron chi connectivity index (χ3n) is 3.90. The van der Waals surface area contributed by atoms with Gasteiger partial charge in [-0.3, -0.25) is 4.90 Å². The largest absolute Gasteiger partial charge is 0.311 e. The first-order valence-electron chi connectivity index (χ1n) is 7.29. The Bertz CT molecular complexity index is 596. The second-order valence-electron chi connectivity index (χ2n) is 5.74. The lowest BCUT2D eigenvalue weighted by atomic mass is 10.1. The Kier molecular flexibility index (Phi) is 4.33. The molecule has 2 aromatic rings. The number of thiazole rings is 1. The molecule has 0 radical (unpaired) electrons. The van der Waals surface area contributed by atoms with Crippen molar-refractivity contribution in [1.29, 1.82) is 0 Å². The van der Waals surface area contributed by atoms with Crippen LogP contribution in [0.4, 0.5) is 4.39 Å². The summed E-state index contributed by atoms with van der Waals surface area (Å²) in [6.07, 6.45) is 0. The average molecular weight is 305 g/mol. The molecule has 1 N–H and O–H groups in total. The van der Waals surface area contributed by atoms with Crippen molar-refractivity contribution >= 4 is 11.3 Å². The molecule has 0 bridgehead atoms. The normalized spacial score (nSPS) is 23.4. The summed E-state index contributed by atoms with van der Waals surface area (Å²) in [6.45, 7) is 7.40. The highest BCUT2D eigenvalue weighted by Gasteiger charge is 2.23. The van der Waals surface area contributed by atoms with Gasteiger partial charge in [-0.15, -0.1) is 11.3 Å². The van der Waals surface area contributed by atoms with E-state index in [1.54, 1.807) is 23.5 Å². The molecular weight excluding hydrogens is 285 g/mol. The van der Waals surface area contributed by atoms with Gasteiger partial charge in [-0.1, -0.05) is 0 Å². The molecule has 1 saturated heterocycles. The van der Waals surface area contributed by atoms with E-state index in [1.165, 1.54) is 12.1 Å². The van der Waals surface area contributed by atoms with Crippen LogP contribution in [0.5, 0.6) is 0 Å². The highest BCUT2D eigenvalue weighted by molar-refractivity contribution is 7.13. The van der Waals surface area contributed by atoms with Crippen LogP contribution in [0.25, 0.3) is 10.6 Å². The van der Waals surface area contributed by atoms with Gasteiger partial charge in [0.05, 0.1) is 5.69 Å². The van der Waals surface area contributed by atoms with Gasteiger partial charge >= 0.3 is 0 Å². The minimum Gasteiger partial charge on any atom is -0.311 e. The minimum atomic E-state index is -0.209. The van der Waals surface area contributed by atoms with Crippen molar-refractivity contribution in [2.75, 3.05) is 13.1 Å². The zero-order valence-electron chi connectivity index (χ0n) is 12.3. The van der Waals surface area contributed by atoms with E-state index >= 15 is 0 Å². The van der Waals surface area contributed by atoms with Crippen LogP contribution in [0.2, 0.25) is 0 Å². The molecule has 0 spiro atoms. The molecule has 0 amide bonds. The van der Waals surface area contributed by atoms with Crippen molar-refractivity contribution in [2.45, 2.75) is 32.5 Å². The number of aromatic nitrogens is 1. The number of nitrogens with zero attached hydrogens (tertiary/aromatic N) is 2. The van der Waals surface area contributed by atoms with Gasteiger partial charge in [-0.05, 0) is 38.1 Å². The summed E-state index contributed by atoms with van der Waals surface area (Å²) in [5, 5.41) is 6.56. The molecule has 21 heavy (non-hydrogen) atoms. The van der Waals surface area contributed by atoms with Gasteiger partial charge in [-0.25, -0.2) is 9.37 Å². The Balaban J connectivity index is 1.71. The van der Waals surface area contributed by atoms with Crippen molar-refractivity contribution < 1.29 is 4.39 Å². The molecule has 1 aromatic carbocycles. The number of halogens is 1. The summed E-state index contributed by atoms with van der Waals surface area (Å²) in [6, 6.07) is 7.59. The highest BCUT2D eigenvalue weighted by Crippen LogP contribution is 2.25. The zero-order chi connectivity index (χ0) is 14.8. The van der Waals surface area contributed by atoms with E-state index in [-0.39, 0.29) is 5.82 Å². The van der Waals surface area contributed by atoms with Crippen LogP contribution < -0.4 is 5.32 Å². The molecule has 0 saturated carbocycles. The fourth-order valence-corrected chi connectivity index (χ4v) is 3.45. The Morgan fingerprint density at radius 2 is 2.10 bits per heavy atom. The van der Waals surface area contributed by atoms with E-state index in [0.29, 0.717) is 12.1 Å². The number of benzene rings is 1. The van der Waals surface area contributed by atoms with Crippen LogP contribution >= 0.6 is 11.3 Å². The third kappa shape index (κ3) is 3.48. The van der Waals surface area contributed by atoms with Gasteiger partial charge in [0.1, 0.15) is 10.8 Å². The highest BCUT2D eigenvalue weighted by atomic mass is 32.1. The van der Waals surface area contributed by atoms with Crippen molar-refractivity contribution in [1.82, 2.24) is 15.2 Å². The molecule has 1 aliphatic rings. The van der Waals surface area contributed by atoms with Gasteiger partial charge in [0.15, 0.2) is 0 Å². The van der Waals surface area contributed by atoms with Gasteiger partial charge in [0.2, 0.25) is 0 Å². The molecule has 112 valence electrons. The van der Waals surface area contributed by atoms with Crippen LogP contribution in [0, 0.1) is 5.82 Å². The first-order valence-corrected chi connectivity index (χ1v) is 8.17. The SMILES string of the molecule is CC1CN(Cc2csc(-c3ccc(F)cc3)n2)C(C)CN1. The predicted molar refractivity (Wildman–Crippen MR) is 84.8 cm³/mol. The zero-order valence-corrected chi connectivity index (χ0v) is 13.2. The fraction of sp³-hybridized carbons (Fsp3) is 0.438. The van der Waals surface area contributed by atoms with Crippen molar-refractivity contribution in [3.63, 3.8) is 0 Å². The maximum absolute atomic E-state index is 13.0. The summed E-state index contributed by atoms with van der Waals surface area (Å²) in [5.74, 6) is -0.209. The van der Waals surface area contributed by atoms with Crippen LogP contribution in [0.3, 0.4) is 0 Å². The van der Waals surface area contributed by atoms with Gasteiger partial charge in [-0.2, -0.15) is 0 Å². The second-order valence-corrected chi connectivity index (χ2v) is 6.60. The quantitative estimate of drug-likeness (QED) is 0.944. The van der Waals surface area contributed by atoms with Crippen LogP contribution in [0.1, 0.15) is 19.5 Å². The third-order valence-corrected chi connectivity index (χ3v) is 4.84. The van der Waals surface area contributed by atoms with E-state index < -0.39 is 0 Å². The van der Waals surface area contributed by atoms with E-state index in [1.807, 2.05) is 0 Å². The summed E-state index contributed by atoms with van der Waals surface area (Å²) in [7, 11) is 0. The van der Waals surface area contributed by atoms with Gasteiger partial charge < -0.3 is 5.32 Å². The molecule has 3 rings (SSSR count). The molecule has 1 aliphatic heterocycles. The Labute approximate surface area is 128 Å². The minimum absolute atomic E-state index is 0.209. The molecule has 5 heteroatoms. The summed E-state index contributed by atoms with van der Waals surface area (Å²) in [5.41, 5.74) is 2.08. The lowest BCUT2D eigenvalue weighted by molar-refractivity contribution is 0.137. The number of rotatable bonds is 3. The fourth-order valence-electron chi connectivity index (χ4n) is 2.63. The van der Waals surface area contributed by atoms with Crippen molar-refractivity contribution in [3.8, 4) is 10.6 Å². The summed E-state index contributed by atoms with van der Waals surface area (Å²) in [4.78, 5) is 7.16. The monoisotopic (exact) mass is 305 g/mol. The van der Waals surface area contributed by atoms with Crippen molar-refractivity contribution in [2.24, 2.45) is 0 Å². The first kappa shape index (κ1) is 14.6. The van der Waals surface area contributed by atoms with Crippen LogP contribution in [-0.4, -0.2) is 35.1 Å². The number of hydrogen-bond acceptors (Lipinski definition) is 4. The van der Waals surface area contributed by atoms with Gasteiger partial charge in [0, 0.05) is 42.7 Å². The topological polar surface area (TPSA) is 28.2 Å². The number of nitrogens with one attached hydrogen (secondary N) is 1. The molecular formula is C16H20FN3S. The second kappa shape index (κ2) is 6.22. The summed E-state index contributed by atoms with van der Waals surface area (Å²) < 4.78 is 13.0.